The van der Waals surface area contributed by atoms with Gasteiger partial charge in [-0.25, -0.2) is 4.98 Å². The average Bonchev–Trinajstić information content (AvgIpc) is 2.79. The number of H-pyrrole nitrogens is 1. The Morgan fingerprint density at radius 2 is 1.82 bits per heavy atom. The van der Waals surface area contributed by atoms with Gasteiger partial charge in [0.15, 0.2) is 0 Å². The van der Waals surface area contributed by atoms with Gasteiger partial charge in [-0.05, 0) is 50.1 Å². The first-order chi connectivity index (χ1) is 16.0. The van der Waals surface area contributed by atoms with E-state index in [1.54, 1.807) is 0 Å². The van der Waals surface area contributed by atoms with Crippen LogP contribution in [0, 0.1) is 0 Å². The minimum Gasteiger partial charge on any atom is -0.457 e. The molecule has 2 aromatic carbocycles. The van der Waals surface area contributed by atoms with Gasteiger partial charge in [0.2, 0.25) is 5.95 Å². The Labute approximate surface area is 194 Å². The highest BCUT2D eigenvalue weighted by molar-refractivity contribution is 5.36. The Morgan fingerprint density at radius 3 is 2.61 bits per heavy atom. The van der Waals surface area contributed by atoms with Crippen molar-refractivity contribution >= 4 is 5.95 Å². The molecule has 1 fully saturated rings. The fraction of sp³-hybridized carbons (Fsp3) is 0.385. The van der Waals surface area contributed by atoms with E-state index >= 15 is 0 Å². The minimum atomic E-state index is -0.0142. The highest BCUT2D eigenvalue weighted by Crippen LogP contribution is 2.24. The summed E-state index contributed by atoms with van der Waals surface area (Å²) in [6.45, 7) is 7.82. The van der Waals surface area contributed by atoms with Crippen LogP contribution in [0.3, 0.4) is 0 Å². The quantitative estimate of drug-likeness (QED) is 0.644. The van der Waals surface area contributed by atoms with Crippen molar-refractivity contribution in [1.29, 1.82) is 0 Å². The largest absolute Gasteiger partial charge is 0.457 e. The van der Waals surface area contributed by atoms with Crippen LogP contribution in [-0.2, 0) is 24.2 Å². The molecular weight excluding hydrogens is 416 g/mol. The van der Waals surface area contributed by atoms with Crippen LogP contribution < -0.4 is 15.2 Å². The van der Waals surface area contributed by atoms with Gasteiger partial charge < -0.3 is 14.4 Å². The van der Waals surface area contributed by atoms with Gasteiger partial charge in [0.25, 0.3) is 5.56 Å². The van der Waals surface area contributed by atoms with Crippen LogP contribution in [0.25, 0.3) is 0 Å². The van der Waals surface area contributed by atoms with Crippen LogP contribution in [0.1, 0.15) is 30.7 Å². The topological polar surface area (TPSA) is 70.7 Å². The molecule has 0 saturated carbocycles. The Kier molecular flexibility index (Phi) is 6.15. The van der Waals surface area contributed by atoms with E-state index in [-0.39, 0.29) is 17.8 Å². The molecule has 0 radical (unpaired) electrons. The van der Waals surface area contributed by atoms with Crippen LogP contribution in [0.4, 0.5) is 5.95 Å². The van der Waals surface area contributed by atoms with Gasteiger partial charge in [0.1, 0.15) is 11.5 Å². The van der Waals surface area contributed by atoms with E-state index in [0.29, 0.717) is 18.9 Å². The number of ether oxygens (including phenoxy) is 2. The fourth-order valence-electron chi connectivity index (χ4n) is 4.71. The molecule has 33 heavy (non-hydrogen) atoms. The summed E-state index contributed by atoms with van der Waals surface area (Å²) >= 11 is 0. The van der Waals surface area contributed by atoms with Gasteiger partial charge in [-0.1, -0.05) is 30.3 Å². The Hall–Kier alpha value is -3.16. The zero-order chi connectivity index (χ0) is 22.8. The molecule has 2 aliphatic rings. The molecule has 172 valence electrons. The van der Waals surface area contributed by atoms with Crippen LogP contribution in [0.5, 0.6) is 11.5 Å². The second-order valence-corrected chi connectivity index (χ2v) is 9.00. The molecule has 1 N–H and O–H groups in total. The van der Waals surface area contributed by atoms with E-state index in [0.717, 1.165) is 48.9 Å². The summed E-state index contributed by atoms with van der Waals surface area (Å²) in [4.78, 5) is 25.1. The SMILES string of the molecule is C[C@H]1CN(c2nc3c(c(=O)[nH]2)CCN(Cc2cccc(Oc4ccccc4)c2)C3)C[C@H](C)O1. The molecule has 2 aliphatic heterocycles. The van der Waals surface area contributed by atoms with E-state index in [9.17, 15) is 4.79 Å². The molecule has 0 aliphatic carbocycles. The molecule has 7 nitrogen and oxygen atoms in total. The molecular formula is C26H30N4O3. The van der Waals surface area contributed by atoms with Crippen molar-refractivity contribution in [2.75, 3.05) is 24.5 Å². The van der Waals surface area contributed by atoms with E-state index in [1.807, 2.05) is 42.5 Å². The normalized spacial score (nSPS) is 21.0. The summed E-state index contributed by atoms with van der Waals surface area (Å²) in [7, 11) is 0. The lowest BCUT2D eigenvalue weighted by Gasteiger charge is -2.36. The molecule has 1 aromatic heterocycles. The van der Waals surface area contributed by atoms with Crippen molar-refractivity contribution < 1.29 is 9.47 Å². The summed E-state index contributed by atoms with van der Waals surface area (Å²) in [6.07, 6.45) is 0.919. The molecule has 2 atom stereocenters. The Balaban J connectivity index is 1.30. The first-order valence-electron chi connectivity index (χ1n) is 11.6. The highest BCUT2D eigenvalue weighted by Gasteiger charge is 2.27. The first kappa shape index (κ1) is 21.7. The van der Waals surface area contributed by atoms with Gasteiger partial charge in [-0.15, -0.1) is 0 Å². The predicted molar refractivity (Wildman–Crippen MR) is 128 cm³/mol. The molecule has 3 heterocycles. The number of nitrogens with zero attached hydrogens (tertiary/aromatic N) is 3. The molecule has 7 heteroatoms. The number of rotatable bonds is 5. The lowest BCUT2D eigenvalue weighted by molar-refractivity contribution is -0.00576. The van der Waals surface area contributed by atoms with E-state index in [2.05, 4.69) is 40.8 Å². The zero-order valence-corrected chi connectivity index (χ0v) is 19.2. The number of hydrogen-bond donors (Lipinski definition) is 1. The average molecular weight is 447 g/mol. The second kappa shape index (κ2) is 9.37. The van der Waals surface area contributed by atoms with Crippen LogP contribution in [0.2, 0.25) is 0 Å². The lowest BCUT2D eigenvalue weighted by Crippen LogP contribution is -2.47. The molecule has 1 saturated heterocycles. The number of fused-ring (bicyclic) bond motifs is 1. The Morgan fingerprint density at radius 1 is 1.06 bits per heavy atom. The number of aromatic amines is 1. The third-order valence-electron chi connectivity index (χ3n) is 6.14. The van der Waals surface area contributed by atoms with Crippen molar-refractivity contribution in [3.8, 4) is 11.5 Å². The van der Waals surface area contributed by atoms with Gasteiger partial charge in [0, 0.05) is 38.3 Å². The first-order valence-corrected chi connectivity index (χ1v) is 11.6. The molecule has 3 aromatic rings. The maximum Gasteiger partial charge on any atom is 0.255 e. The van der Waals surface area contributed by atoms with Crippen molar-refractivity contribution in [1.82, 2.24) is 14.9 Å². The number of nitrogens with one attached hydrogen (secondary N) is 1. The molecule has 0 amide bonds. The smallest absolute Gasteiger partial charge is 0.255 e. The molecule has 0 unspecified atom stereocenters. The summed E-state index contributed by atoms with van der Waals surface area (Å²) < 4.78 is 11.8. The summed E-state index contributed by atoms with van der Waals surface area (Å²) in [5.41, 5.74) is 2.85. The van der Waals surface area contributed by atoms with Gasteiger partial charge >= 0.3 is 0 Å². The van der Waals surface area contributed by atoms with Crippen molar-refractivity contribution in [2.45, 2.75) is 45.6 Å². The Bertz CT molecular complexity index is 1150. The minimum absolute atomic E-state index is 0.0142. The summed E-state index contributed by atoms with van der Waals surface area (Å²) in [6, 6.07) is 18.0. The number of hydrogen-bond acceptors (Lipinski definition) is 6. The lowest BCUT2D eigenvalue weighted by atomic mass is 10.1. The molecule has 0 spiro atoms. The summed E-state index contributed by atoms with van der Waals surface area (Å²) in [5.74, 6) is 2.30. The highest BCUT2D eigenvalue weighted by atomic mass is 16.5. The maximum absolute atomic E-state index is 12.8. The van der Waals surface area contributed by atoms with E-state index in [1.165, 1.54) is 5.56 Å². The number of para-hydroxylation sites is 1. The van der Waals surface area contributed by atoms with Crippen molar-refractivity contribution in [2.24, 2.45) is 0 Å². The number of anilines is 1. The maximum atomic E-state index is 12.8. The van der Waals surface area contributed by atoms with Gasteiger partial charge in [-0.2, -0.15) is 0 Å². The van der Waals surface area contributed by atoms with Crippen molar-refractivity contribution in [3.63, 3.8) is 0 Å². The third kappa shape index (κ3) is 5.10. The predicted octanol–water partition coefficient (Wildman–Crippen LogP) is 3.73. The number of benzene rings is 2. The number of morpholine rings is 1. The monoisotopic (exact) mass is 446 g/mol. The van der Waals surface area contributed by atoms with E-state index < -0.39 is 0 Å². The molecule has 0 bridgehead atoms. The second-order valence-electron chi connectivity index (χ2n) is 9.00. The van der Waals surface area contributed by atoms with E-state index in [4.69, 9.17) is 14.5 Å². The van der Waals surface area contributed by atoms with Crippen molar-refractivity contribution in [3.05, 3.63) is 81.8 Å². The standard InChI is InChI=1S/C26H30N4O3/c1-18-14-30(15-19(2)32-18)26-27-24-17-29(12-11-23(24)25(31)28-26)16-20-7-6-10-22(13-20)33-21-8-4-3-5-9-21/h3-10,13,18-19H,11-12,14-17H2,1-2H3,(H,27,28,31)/t18-,19-/m0/s1. The van der Waals surface area contributed by atoms with Crippen LogP contribution >= 0.6 is 0 Å². The zero-order valence-electron chi connectivity index (χ0n) is 19.2. The van der Waals surface area contributed by atoms with Gasteiger partial charge in [0.05, 0.1) is 17.9 Å². The third-order valence-corrected chi connectivity index (χ3v) is 6.14. The van der Waals surface area contributed by atoms with Crippen LogP contribution in [0.15, 0.2) is 59.4 Å². The summed E-state index contributed by atoms with van der Waals surface area (Å²) in [5, 5.41) is 0. The fourth-order valence-corrected chi connectivity index (χ4v) is 4.71. The number of aromatic nitrogens is 2. The van der Waals surface area contributed by atoms with Crippen LogP contribution in [-0.4, -0.2) is 46.7 Å². The molecule has 5 rings (SSSR count). The van der Waals surface area contributed by atoms with Gasteiger partial charge in [-0.3, -0.25) is 14.7 Å².